The topological polar surface area (TPSA) is 0 Å². The van der Waals surface area contributed by atoms with Gasteiger partial charge in [-0.15, -0.1) is 0 Å². The Morgan fingerprint density at radius 1 is 0.857 bits per heavy atom. The Balaban J connectivity index is 1.74. The molecule has 2 aromatic rings. The fourth-order valence-corrected chi connectivity index (χ4v) is 3.72. The highest BCUT2D eigenvalue weighted by molar-refractivity contribution is 5.74. The third-order valence-electron chi connectivity index (χ3n) is 4.73. The summed E-state index contributed by atoms with van der Waals surface area (Å²) in [5, 5.41) is 0. The van der Waals surface area contributed by atoms with Crippen molar-refractivity contribution in [2.45, 2.75) is 31.6 Å². The molecule has 0 fully saturated rings. The molecule has 0 saturated carbocycles. The molecule has 0 saturated heterocycles. The van der Waals surface area contributed by atoms with Crippen molar-refractivity contribution >= 4 is 0 Å². The first kappa shape index (κ1) is 12.6. The Labute approximate surface area is 126 Å². The van der Waals surface area contributed by atoms with Crippen LogP contribution in [0.5, 0.6) is 0 Å². The van der Waals surface area contributed by atoms with Gasteiger partial charge in [0.15, 0.2) is 0 Å². The number of hydrogen-bond donors (Lipinski definition) is 0. The quantitative estimate of drug-likeness (QED) is 0.661. The maximum Gasteiger partial charge on any atom is -0.00748 e. The van der Waals surface area contributed by atoms with Gasteiger partial charge in [-0.1, -0.05) is 72.3 Å². The minimum atomic E-state index is 0.616. The van der Waals surface area contributed by atoms with Crippen LogP contribution in [0.15, 0.2) is 72.3 Å². The third kappa shape index (κ3) is 2.35. The molecule has 0 amide bonds. The van der Waals surface area contributed by atoms with Crippen molar-refractivity contribution < 1.29 is 0 Å². The smallest absolute Gasteiger partial charge is 0.00748 e. The molecule has 1 unspecified atom stereocenters. The van der Waals surface area contributed by atoms with E-state index < -0.39 is 0 Å². The van der Waals surface area contributed by atoms with Gasteiger partial charge < -0.3 is 0 Å². The van der Waals surface area contributed by atoms with Gasteiger partial charge in [-0.2, -0.15) is 0 Å². The molecular weight excluding hydrogens is 252 g/mol. The minimum absolute atomic E-state index is 0.616. The summed E-state index contributed by atoms with van der Waals surface area (Å²) in [7, 11) is 0. The normalized spacial score (nSPS) is 19.6. The van der Waals surface area contributed by atoms with Gasteiger partial charge in [0.25, 0.3) is 0 Å². The van der Waals surface area contributed by atoms with Gasteiger partial charge >= 0.3 is 0 Å². The molecule has 0 heteroatoms. The summed E-state index contributed by atoms with van der Waals surface area (Å²) < 4.78 is 0. The maximum atomic E-state index is 2.42. The Morgan fingerprint density at radius 3 is 2.52 bits per heavy atom. The maximum absolute atomic E-state index is 2.42. The monoisotopic (exact) mass is 272 g/mol. The van der Waals surface area contributed by atoms with Crippen LogP contribution in [0.4, 0.5) is 0 Å². The summed E-state index contributed by atoms with van der Waals surface area (Å²) in [6, 6.07) is 17.8. The standard InChI is InChI=1S/C21H20/c1-2-8-16(9-3-1)14-18-15-17-10-4-5-11-19(17)21-13-7-6-12-20(18)21/h2,4-13,18H,1,3,14-15H2. The van der Waals surface area contributed by atoms with Crippen LogP contribution >= 0.6 is 0 Å². The molecule has 2 aromatic carbocycles. The first-order valence-electron chi connectivity index (χ1n) is 7.94. The average molecular weight is 272 g/mol. The van der Waals surface area contributed by atoms with E-state index >= 15 is 0 Å². The predicted octanol–water partition coefficient (Wildman–Crippen LogP) is 5.66. The molecule has 4 rings (SSSR count). The Bertz CT molecular complexity index is 718. The van der Waals surface area contributed by atoms with Gasteiger partial charge in [-0.3, -0.25) is 0 Å². The van der Waals surface area contributed by atoms with E-state index in [0.29, 0.717) is 5.92 Å². The Kier molecular flexibility index (Phi) is 3.23. The van der Waals surface area contributed by atoms with Crippen molar-refractivity contribution in [2.24, 2.45) is 0 Å². The molecule has 0 N–H and O–H groups in total. The van der Waals surface area contributed by atoms with Crippen LogP contribution in [0.1, 0.15) is 36.3 Å². The summed E-state index contributed by atoms with van der Waals surface area (Å²) in [5.74, 6) is 0.616. The van der Waals surface area contributed by atoms with Crippen LogP contribution in [0, 0.1) is 0 Å². The van der Waals surface area contributed by atoms with E-state index in [2.05, 4.69) is 66.8 Å². The van der Waals surface area contributed by atoms with E-state index in [1.54, 1.807) is 0 Å². The van der Waals surface area contributed by atoms with Crippen molar-refractivity contribution in [3.63, 3.8) is 0 Å². The summed E-state index contributed by atoms with van der Waals surface area (Å²) >= 11 is 0. The number of allylic oxidation sites excluding steroid dienone is 4. The van der Waals surface area contributed by atoms with Crippen LogP contribution in [0.25, 0.3) is 11.1 Å². The molecular formula is C21H20. The molecule has 0 nitrogen and oxygen atoms in total. The first-order chi connectivity index (χ1) is 10.4. The molecule has 21 heavy (non-hydrogen) atoms. The molecule has 0 spiro atoms. The van der Waals surface area contributed by atoms with E-state index in [1.165, 1.54) is 53.5 Å². The average Bonchev–Trinajstić information content (AvgIpc) is 2.56. The van der Waals surface area contributed by atoms with Crippen molar-refractivity contribution in [1.29, 1.82) is 0 Å². The Morgan fingerprint density at radius 2 is 1.67 bits per heavy atom. The fraction of sp³-hybridized carbons (Fsp3) is 0.238. The number of benzene rings is 2. The van der Waals surface area contributed by atoms with E-state index in [-0.39, 0.29) is 0 Å². The Hall–Kier alpha value is -2.08. The summed E-state index contributed by atoms with van der Waals surface area (Å²) in [5.41, 5.74) is 7.40. The predicted molar refractivity (Wildman–Crippen MR) is 89.4 cm³/mol. The zero-order valence-corrected chi connectivity index (χ0v) is 12.3. The van der Waals surface area contributed by atoms with Crippen LogP contribution in [-0.4, -0.2) is 0 Å². The first-order valence-corrected chi connectivity index (χ1v) is 7.94. The van der Waals surface area contributed by atoms with Crippen LogP contribution in [-0.2, 0) is 6.42 Å². The fourth-order valence-electron chi connectivity index (χ4n) is 3.72. The van der Waals surface area contributed by atoms with Crippen molar-refractivity contribution in [3.05, 3.63) is 83.5 Å². The molecule has 0 heterocycles. The van der Waals surface area contributed by atoms with Gasteiger partial charge in [-0.05, 0) is 53.9 Å². The highest BCUT2D eigenvalue weighted by Gasteiger charge is 2.24. The van der Waals surface area contributed by atoms with Crippen molar-refractivity contribution in [2.75, 3.05) is 0 Å². The lowest BCUT2D eigenvalue weighted by molar-refractivity contribution is 0.671. The third-order valence-corrected chi connectivity index (χ3v) is 4.73. The van der Waals surface area contributed by atoms with E-state index in [9.17, 15) is 0 Å². The van der Waals surface area contributed by atoms with Gasteiger partial charge in [0.1, 0.15) is 0 Å². The zero-order valence-electron chi connectivity index (χ0n) is 12.3. The zero-order chi connectivity index (χ0) is 14.1. The van der Waals surface area contributed by atoms with Crippen molar-refractivity contribution in [1.82, 2.24) is 0 Å². The SMILES string of the molecule is C1=CC(CC2Cc3ccccc3-c3ccccc32)=CCC1. The summed E-state index contributed by atoms with van der Waals surface area (Å²) in [6.45, 7) is 0. The molecule has 104 valence electrons. The van der Waals surface area contributed by atoms with E-state index in [0.717, 1.165) is 0 Å². The van der Waals surface area contributed by atoms with Crippen LogP contribution in [0.3, 0.4) is 0 Å². The lowest BCUT2D eigenvalue weighted by Crippen LogP contribution is -2.12. The van der Waals surface area contributed by atoms with Gasteiger partial charge in [0.2, 0.25) is 0 Å². The number of rotatable bonds is 2. The van der Waals surface area contributed by atoms with Gasteiger partial charge in [0.05, 0.1) is 0 Å². The van der Waals surface area contributed by atoms with E-state index in [4.69, 9.17) is 0 Å². The molecule has 0 aliphatic heterocycles. The van der Waals surface area contributed by atoms with Gasteiger partial charge in [-0.25, -0.2) is 0 Å². The highest BCUT2D eigenvalue weighted by Crippen LogP contribution is 2.42. The summed E-state index contributed by atoms with van der Waals surface area (Å²) in [6.07, 6.45) is 11.8. The molecule has 0 aromatic heterocycles. The highest BCUT2D eigenvalue weighted by atomic mass is 14.3. The lowest BCUT2D eigenvalue weighted by atomic mass is 9.76. The largest absolute Gasteiger partial charge is 0.0840 e. The van der Waals surface area contributed by atoms with Crippen molar-refractivity contribution in [3.8, 4) is 11.1 Å². The second kappa shape index (κ2) is 5.37. The summed E-state index contributed by atoms with van der Waals surface area (Å²) in [4.78, 5) is 0. The molecule has 2 aliphatic rings. The van der Waals surface area contributed by atoms with Crippen LogP contribution in [0.2, 0.25) is 0 Å². The molecule has 1 atom stereocenters. The van der Waals surface area contributed by atoms with Gasteiger partial charge in [0, 0.05) is 0 Å². The number of fused-ring (bicyclic) bond motifs is 3. The second-order valence-electron chi connectivity index (χ2n) is 6.11. The molecule has 0 bridgehead atoms. The molecule has 2 aliphatic carbocycles. The van der Waals surface area contributed by atoms with Crippen LogP contribution < -0.4 is 0 Å². The lowest BCUT2D eigenvalue weighted by Gasteiger charge is -2.28. The molecule has 0 radical (unpaired) electrons. The van der Waals surface area contributed by atoms with E-state index in [1.807, 2.05) is 0 Å². The number of hydrogen-bond acceptors (Lipinski definition) is 0. The second-order valence-corrected chi connectivity index (χ2v) is 6.11. The minimum Gasteiger partial charge on any atom is -0.0840 e.